The Morgan fingerprint density at radius 3 is 2.26 bits per heavy atom. The van der Waals surface area contributed by atoms with Crippen molar-refractivity contribution in [1.29, 1.82) is 0 Å². The van der Waals surface area contributed by atoms with E-state index in [-0.39, 0.29) is 11.8 Å². The van der Waals surface area contributed by atoms with Crippen LogP contribution < -0.4 is 0 Å². The van der Waals surface area contributed by atoms with Crippen LogP contribution >= 0.6 is 0 Å². The van der Waals surface area contributed by atoms with Gasteiger partial charge in [0, 0.05) is 36.3 Å². The summed E-state index contributed by atoms with van der Waals surface area (Å²) in [6.45, 7) is 2.35. The van der Waals surface area contributed by atoms with E-state index in [0.29, 0.717) is 37.4 Å². The van der Waals surface area contributed by atoms with Gasteiger partial charge in [0.25, 0.3) is 0 Å². The number of para-hydroxylation sites is 1. The fourth-order valence-electron chi connectivity index (χ4n) is 6.07. The zero-order valence-corrected chi connectivity index (χ0v) is 21.5. The highest BCUT2D eigenvalue weighted by atomic mass is 19.4. The van der Waals surface area contributed by atoms with Crippen LogP contribution in [0.3, 0.4) is 0 Å². The molecule has 2 aromatic carbocycles. The number of hydrogen-bond acceptors (Lipinski definition) is 3. The normalized spacial score (nSPS) is 19.1. The first-order valence-electron chi connectivity index (χ1n) is 13.4. The number of aliphatic carboxylic acids is 1. The Labute approximate surface area is 225 Å². The standard InChI is InChI=1S/C30H32F3N3O3/c31-30(32,33)23-8-5-20(6-9-23)7-10-27(37)35-15-13-22(14-16-35)28(29(38)39)36-17-11-21(12-18-36)25-19-34-26-4-2-1-3-24(25)26/h1-10,19,21-22,28,34H,11-18H2,(H,38,39)/b10-7+. The largest absolute Gasteiger partial charge is 0.480 e. The summed E-state index contributed by atoms with van der Waals surface area (Å²) in [7, 11) is 0. The molecular weight excluding hydrogens is 507 g/mol. The lowest BCUT2D eigenvalue weighted by Gasteiger charge is -2.41. The molecule has 6 nitrogen and oxygen atoms in total. The van der Waals surface area contributed by atoms with Crippen LogP contribution in [0.5, 0.6) is 0 Å². The first-order valence-corrected chi connectivity index (χ1v) is 13.4. The molecule has 39 heavy (non-hydrogen) atoms. The van der Waals surface area contributed by atoms with E-state index in [1.54, 1.807) is 4.90 Å². The molecule has 0 aliphatic carbocycles. The number of aromatic nitrogens is 1. The SMILES string of the molecule is O=C(O)C(C1CCN(C(=O)/C=C/c2ccc(C(F)(F)F)cc2)CC1)N1CCC(c2c[nH]c3ccccc23)CC1. The summed E-state index contributed by atoms with van der Waals surface area (Å²) in [4.78, 5) is 32.1. The average molecular weight is 540 g/mol. The molecule has 0 bridgehead atoms. The van der Waals surface area contributed by atoms with Gasteiger partial charge in [0.1, 0.15) is 6.04 Å². The number of hydrogen-bond donors (Lipinski definition) is 2. The monoisotopic (exact) mass is 539 g/mol. The van der Waals surface area contributed by atoms with Crippen molar-refractivity contribution in [1.82, 2.24) is 14.8 Å². The van der Waals surface area contributed by atoms with Crippen LogP contribution in [-0.2, 0) is 15.8 Å². The number of alkyl halides is 3. The number of H-pyrrole nitrogens is 1. The Hall–Kier alpha value is -3.59. The highest BCUT2D eigenvalue weighted by Crippen LogP contribution is 2.35. The maximum Gasteiger partial charge on any atom is 0.416 e. The van der Waals surface area contributed by atoms with Gasteiger partial charge in [-0.15, -0.1) is 0 Å². The number of likely N-dealkylation sites (tertiary alicyclic amines) is 2. The molecule has 1 atom stereocenters. The van der Waals surface area contributed by atoms with E-state index < -0.39 is 23.8 Å². The van der Waals surface area contributed by atoms with Gasteiger partial charge in [-0.1, -0.05) is 30.3 Å². The molecule has 1 amide bonds. The minimum Gasteiger partial charge on any atom is -0.480 e. The first kappa shape index (κ1) is 27.0. The van der Waals surface area contributed by atoms with Crippen LogP contribution in [0.4, 0.5) is 13.2 Å². The quantitative estimate of drug-likeness (QED) is 0.390. The fraction of sp³-hybridized carbons (Fsp3) is 0.400. The zero-order valence-electron chi connectivity index (χ0n) is 21.5. The summed E-state index contributed by atoms with van der Waals surface area (Å²) in [5.41, 5.74) is 2.19. The second-order valence-electron chi connectivity index (χ2n) is 10.5. The summed E-state index contributed by atoms with van der Waals surface area (Å²) in [5.74, 6) is -0.690. The average Bonchev–Trinajstić information content (AvgIpc) is 3.36. The molecule has 0 saturated carbocycles. The van der Waals surface area contributed by atoms with Gasteiger partial charge >= 0.3 is 12.1 Å². The van der Waals surface area contributed by atoms with Gasteiger partial charge in [-0.2, -0.15) is 13.2 Å². The Kier molecular flexibility index (Phi) is 7.79. The van der Waals surface area contributed by atoms with Crippen molar-refractivity contribution in [3.63, 3.8) is 0 Å². The molecule has 2 fully saturated rings. The Morgan fingerprint density at radius 1 is 0.949 bits per heavy atom. The number of nitrogens with zero attached hydrogens (tertiary/aromatic N) is 2. The summed E-state index contributed by atoms with van der Waals surface area (Å²) in [6, 6.07) is 12.3. The van der Waals surface area contributed by atoms with Gasteiger partial charge in [0.2, 0.25) is 5.91 Å². The van der Waals surface area contributed by atoms with Crippen molar-refractivity contribution in [2.24, 2.45) is 5.92 Å². The molecule has 5 rings (SSSR count). The van der Waals surface area contributed by atoms with E-state index in [9.17, 15) is 27.9 Å². The molecule has 1 aromatic heterocycles. The highest BCUT2D eigenvalue weighted by Gasteiger charge is 2.38. The highest BCUT2D eigenvalue weighted by molar-refractivity contribution is 5.91. The lowest BCUT2D eigenvalue weighted by Crippen LogP contribution is -2.52. The number of carboxylic acids is 1. The van der Waals surface area contributed by atoms with Crippen LogP contribution in [0, 0.1) is 5.92 Å². The molecule has 2 N–H and O–H groups in total. The number of amides is 1. The number of rotatable bonds is 6. The van der Waals surface area contributed by atoms with Crippen molar-refractivity contribution in [3.05, 3.63) is 77.5 Å². The molecule has 9 heteroatoms. The van der Waals surface area contributed by atoms with Gasteiger partial charge in [-0.05, 0) is 86.0 Å². The van der Waals surface area contributed by atoms with E-state index >= 15 is 0 Å². The predicted molar refractivity (Wildman–Crippen MR) is 143 cm³/mol. The minimum absolute atomic E-state index is 0.0462. The van der Waals surface area contributed by atoms with Crippen LogP contribution in [0.2, 0.25) is 0 Å². The van der Waals surface area contributed by atoms with Crippen LogP contribution in [-0.4, -0.2) is 64.0 Å². The summed E-state index contributed by atoms with van der Waals surface area (Å²) < 4.78 is 38.2. The van der Waals surface area contributed by atoms with E-state index in [1.165, 1.54) is 35.2 Å². The lowest BCUT2D eigenvalue weighted by molar-refractivity contribution is -0.147. The molecule has 3 aromatic rings. The van der Waals surface area contributed by atoms with Crippen molar-refractivity contribution in [2.45, 2.75) is 43.8 Å². The number of benzene rings is 2. The second-order valence-corrected chi connectivity index (χ2v) is 10.5. The van der Waals surface area contributed by atoms with Crippen molar-refractivity contribution in [3.8, 4) is 0 Å². The van der Waals surface area contributed by atoms with Crippen molar-refractivity contribution < 1.29 is 27.9 Å². The fourth-order valence-corrected chi connectivity index (χ4v) is 6.07. The van der Waals surface area contributed by atoms with Gasteiger partial charge in [-0.25, -0.2) is 0 Å². The Morgan fingerprint density at radius 2 is 1.62 bits per heavy atom. The van der Waals surface area contributed by atoms with E-state index in [4.69, 9.17) is 0 Å². The van der Waals surface area contributed by atoms with Gasteiger partial charge in [-0.3, -0.25) is 14.5 Å². The maximum absolute atomic E-state index is 12.7. The predicted octanol–water partition coefficient (Wildman–Crippen LogP) is 5.77. The topological polar surface area (TPSA) is 76.6 Å². The zero-order chi connectivity index (χ0) is 27.6. The van der Waals surface area contributed by atoms with E-state index in [1.807, 2.05) is 12.1 Å². The molecule has 0 radical (unpaired) electrons. The summed E-state index contributed by atoms with van der Waals surface area (Å²) >= 11 is 0. The second kappa shape index (κ2) is 11.3. The third kappa shape index (κ3) is 6.03. The third-order valence-electron chi connectivity index (χ3n) is 8.19. The molecule has 2 aliphatic rings. The third-order valence-corrected chi connectivity index (χ3v) is 8.19. The van der Waals surface area contributed by atoms with Crippen LogP contribution in [0.15, 0.2) is 60.8 Å². The van der Waals surface area contributed by atoms with Crippen LogP contribution in [0.25, 0.3) is 17.0 Å². The first-order chi connectivity index (χ1) is 18.7. The molecule has 3 heterocycles. The molecule has 206 valence electrons. The van der Waals surface area contributed by atoms with Gasteiger partial charge < -0.3 is 15.0 Å². The number of carbonyl (C=O) groups is 2. The summed E-state index contributed by atoms with van der Waals surface area (Å²) in [5, 5.41) is 11.3. The lowest BCUT2D eigenvalue weighted by atomic mass is 9.84. The molecular formula is C30H32F3N3O3. The smallest absolute Gasteiger partial charge is 0.416 e. The number of halogens is 3. The van der Waals surface area contributed by atoms with Gasteiger partial charge in [0.05, 0.1) is 5.56 Å². The maximum atomic E-state index is 12.7. The van der Waals surface area contributed by atoms with Crippen molar-refractivity contribution in [2.75, 3.05) is 26.2 Å². The number of piperidine rings is 2. The van der Waals surface area contributed by atoms with E-state index in [0.717, 1.165) is 43.6 Å². The Bertz CT molecular complexity index is 1330. The number of nitrogens with one attached hydrogen (secondary N) is 1. The van der Waals surface area contributed by atoms with Gasteiger partial charge in [0.15, 0.2) is 0 Å². The number of aromatic amines is 1. The summed E-state index contributed by atoms with van der Waals surface area (Å²) in [6.07, 6.45) is 3.55. The Balaban J connectivity index is 1.14. The van der Waals surface area contributed by atoms with Crippen molar-refractivity contribution >= 4 is 28.9 Å². The number of carboxylic acid groups (broad SMARTS) is 1. The molecule has 2 aliphatic heterocycles. The van der Waals surface area contributed by atoms with E-state index in [2.05, 4.69) is 28.2 Å². The molecule has 2 saturated heterocycles. The number of carbonyl (C=O) groups excluding carboxylic acids is 1. The number of fused-ring (bicyclic) bond motifs is 1. The van der Waals surface area contributed by atoms with Crippen LogP contribution in [0.1, 0.15) is 48.3 Å². The molecule has 1 unspecified atom stereocenters. The minimum atomic E-state index is -4.40. The molecule has 0 spiro atoms.